The second kappa shape index (κ2) is 8.45. The van der Waals surface area contributed by atoms with Crippen LogP contribution < -0.4 is 16.2 Å². The molecule has 1 aromatic carbocycles. The molecule has 0 radical (unpaired) electrons. The number of hydrazine groups is 1. The summed E-state index contributed by atoms with van der Waals surface area (Å²) in [4.78, 5) is 22.6. The number of nitriles is 1. The van der Waals surface area contributed by atoms with Crippen LogP contribution in [0, 0.1) is 11.3 Å². The monoisotopic (exact) mass is 308 g/mol. The third-order valence-electron chi connectivity index (χ3n) is 2.15. The second-order valence-corrected chi connectivity index (χ2v) is 4.00. The Labute approximate surface area is 126 Å². The quantitative estimate of drug-likeness (QED) is 0.436. The molecule has 0 spiro atoms. The number of halogens is 1. The van der Waals surface area contributed by atoms with Gasteiger partial charge < -0.3 is 10.2 Å². The molecule has 0 aliphatic carbocycles. The summed E-state index contributed by atoms with van der Waals surface area (Å²) >= 11 is 5.91. The Balaban J connectivity index is 2.60. The van der Waals surface area contributed by atoms with Gasteiger partial charge >= 0.3 is 6.09 Å². The zero-order valence-electron chi connectivity index (χ0n) is 11.1. The molecule has 21 heavy (non-hydrogen) atoms. The van der Waals surface area contributed by atoms with Crippen molar-refractivity contribution in [2.75, 3.05) is 12.0 Å². The zero-order chi connectivity index (χ0) is 15.7. The van der Waals surface area contributed by atoms with Crippen LogP contribution in [-0.4, -0.2) is 18.6 Å². The minimum Gasteiger partial charge on any atom is -0.450 e. The number of benzene rings is 1. The molecule has 0 saturated carbocycles. The number of rotatable bonds is 5. The Bertz CT molecular complexity index is 595. The summed E-state index contributed by atoms with van der Waals surface area (Å²) in [7, 11) is 0. The lowest BCUT2D eigenvalue weighted by Crippen LogP contribution is -2.32. The molecule has 8 heteroatoms. The largest absolute Gasteiger partial charge is 0.450 e. The number of nitrogens with zero attached hydrogens (tertiary/aromatic N) is 1. The highest BCUT2D eigenvalue weighted by atomic mass is 35.5. The summed E-state index contributed by atoms with van der Waals surface area (Å²) in [5.74, 6) is -0.871. The standard InChI is InChI=1S/C13H13ClN4O3/c1-2-21-13(20)17-12(19)9(7-15)8-16-18-11-6-4-3-5-10(11)14/h3-6,8,16,18H,2H2,1H3,(H,17,19,20). The first-order valence-electron chi connectivity index (χ1n) is 5.93. The normalized spacial score (nSPS) is 10.2. The van der Waals surface area contributed by atoms with Crippen molar-refractivity contribution in [3.63, 3.8) is 0 Å². The van der Waals surface area contributed by atoms with Gasteiger partial charge in [-0.25, -0.2) is 4.79 Å². The summed E-state index contributed by atoms with van der Waals surface area (Å²) in [6, 6.07) is 8.56. The van der Waals surface area contributed by atoms with E-state index in [1.54, 1.807) is 37.3 Å². The maximum Gasteiger partial charge on any atom is 0.414 e. The smallest absolute Gasteiger partial charge is 0.414 e. The fourth-order valence-corrected chi connectivity index (χ4v) is 1.41. The number of alkyl carbamates (subject to hydrolysis) is 1. The van der Waals surface area contributed by atoms with Gasteiger partial charge in [0.2, 0.25) is 0 Å². The molecule has 0 fully saturated rings. The third kappa shape index (κ3) is 5.42. The van der Waals surface area contributed by atoms with E-state index in [9.17, 15) is 9.59 Å². The van der Waals surface area contributed by atoms with E-state index in [1.165, 1.54) is 0 Å². The number of amides is 2. The summed E-state index contributed by atoms with van der Waals surface area (Å²) in [6.45, 7) is 1.72. The molecule has 0 aliphatic heterocycles. The Morgan fingerprint density at radius 3 is 2.76 bits per heavy atom. The minimum atomic E-state index is -0.914. The van der Waals surface area contributed by atoms with E-state index in [1.807, 2.05) is 5.32 Å². The predicted octanol–water partition coefficient (Wildman–Crippen LogP) is 1.94. The van der Waals surface area contributed by atoms with Crippen molar-refractivity contribution in [3.05, 3.63) is 41.1 Å². The van der Waals surface area contributed by atoms with E-state index >= 15 is 0 Å². The number of para-hydroxylation sites is 1. The van der Waals surface area contributed by atoms with Crippen molar-refractivity contribution in [3.8, 4) is 6.07 Å². The Morgan fingerprint density at radius 2 is 2.14 bits per heavy atom. The van der Waals surface area contributed by atoms with Crippen molar-refractivity contribution in [2.24, 2.45) is 0 Å². The van der Waals surface area contributed by atoms with Gasteiger partial charge in [-0.2, -0.15) is 5.26 Å². The Kier molecular flexibility index (Phi) is 6.57. The van der Waals surface area contributed by atoms with Gasteiger partial charge in [-0.15, -0.1) is 0 Å². The lowest BCUT2D eigenvalue weighted by atomic mass is 10.3. The van der Waals surface area contributed by atoms with Gasteiger partial charge in [-0.1, -0.05) is 23.7 Å². The van der Waals surface area contributed by atoms with Gasteiger partial charge in [0.1, 0.15) is 11.6 Å². The van der Waals surface area contributed by atoms with Crippen molar-refractivity contribution in [2.45, 2.75) is 6.92 Å². The summed E-state index contributed by atoms with van der Waals surface area (Å²) in [5, 5.41) is 11.2. The fourth-order valence-electron chi connectivity index (χ4n) is 1.22. The van der Waals surface area contributed by atoms with Crippen LogP contribution in [0.15, 0.2) is 36.0 Å². The highest BCUT2D eigenvalue weighted by molar-refractivity contribution is 6.33. The number of hydrogen-bond donors (Lipinski definition) is 3. The lowest BCUT2D eigenvalue weighted by molar-refractivity contribution is -0.116. The van der Waals surface area contributed by atoms with Gasteiger partial charge in [-0.3, -0.25) is 15.5 Å². The van der Waals surface area contributed by atoms with E-state index in [-0.39, 0.29) is 12.2 Å². The highest BCUT2D eigenvalue weighted by Gasteiger charge is 2.13. The van der Waals surface area contributed by atoms with E-state index in [4.69, 9.17) is 16.9 Å². The molecule has 0 aliphatic rings. The maximum absolute atomic E-state index is 11.6. The first-order chi connectivity index (χ1) is 10.1. The number of imide groups is 1. The molecule has 0 unspecified atom stereocenters. The predicted molar refractivity (Wildman–Crippen MR) is 77.1 cm³/mol. The van der Waals surface area contributed by atoms with E-state index in [0.717, 1.165) is 6.20 Å². The van der Waals surface area contributed by atoms with Crippen molar-refractivity contribution >= 4 is 29.3 Å². The molecule has 1 aromatic rings. The van der Waals surface area contributed by atoms with Crippen LogP contribution in [0.5, 0.6) is 0 Å². The van der Waals surface area contributed by atoms with Gasteiger partial charge in [0.25, 0.3) is 5.91 Å². The number of anilines is 1. The molecular formula is C13H13ClN4O3. The molecule has 0 heterocycles. The maximum atomic E-state index is 11.6. The van der Waals surface area contributed by atoms with E-state index < -0.39 is 12.0 Å². The molecular weight excluding hydrogens is 296 g/mol. The molecule has 0 aromatic heterocycles. The Hall–Kier alpha value is -2.72. The summed E-state index contributed by atoms with van der Waals surface area (Å²) in [6.07, 6.45) is 0.195. The third-order valence-corrected chi connectivity index (χ3v) is 2.48. The molecule has 2 amide bonds. The van der Waals surface area contributed by atoms with Crippen LogP contribution >= 0.6 is 11.6 Å². The second-order valence-electron chi connectivity index (χ2n) is 3.59. The SMILES string of the molecule is CCOC(=O)NC(=O)C(C#N)=CNNc1ccccc1Cl. The molecule has 7 nitrogen and oxygen atoms in total. The molecule has 110 valence electrons. The average molecular weight is 309 g/mol. The van der Waals surface area contributed by atoms with Gasteiger partial charge in [0, 0.05) is 6.20 Å². The average Bonchev–Trinajstić information content (AvgIpc) is 2.45. The van der Waals surface area contributed by atoms with E-state index in [0.29, 0.717) is 10.7 Å². The molecule has 1 rings (SSSR count). The van der Waals surface area contributed by atoms with Gasteiger partial charge in [0.15, 0.2) is 0 Å². The van der Waals surface area contributed by atoms with Gasteiger partial charge in [-0.05, 0) is 19.1 Å². The van der Waals surface area contributed by atoms with Crippen LogP contribution in [-0.2, 0) is 9.53 Å². The molecule has 0 saturated heterocycles. The summed E-state index contributed by atoms with van der Waals surface area (Å²) in [5.41, 5.74) is 5.52. The number of hydrogen-bond acceptors (Lipinski definition) is 6. The first-order valence-corrected chi connectivity index (χ1v) is 6.30. The number of nitrogens with one attached hydrogen (secondary N) is 3. The Morgan fingerprint density at radius 1 is 1.43 bits per heavy atom. The van der Waals surface area contributed by atoms with Crippen LogP contribution in [0.2, 0.25) is 5.02 Å². The van der Waals surface area contributed by atoms with E-state index in [2.05, 4.69) is 15.6 Å². The molecule has 3 N–H and O–H groups in total. The van der Waals surface area contributed by atoms with Gasteiger partial charge in [0.05, 0.1) is 17.3 Å². The molecule has 0 atom stereocenters. The number of carbonyl (C=O) groups is 2. The molecule has 0 bridgehead atoms. The summed E-state index contributed by atoms with van der Waals surface area (Å²) < 4.78 is 4.54. The zero-order valence-corrected chi connectivity index (χ0v) is 11.9. The van der Waals surface area contributed by atoms with Crippen molar-refractivity contribution < 1.29 is 14.3 Å². The number of ether oxygens (including phenoxy) is 1. The van der Waals surface area contributed by atoms with Crippen LogP contribution in [0.25, 0.3) is 0 Å². The lowest BCUT2D eigenvalue weighted by Gasteiger charge is -2.08. The van der Waals surface area contributed by atoms with Crippen molar-refractivity contribution in [1.29, 1.82) is 5.26 Å². The van der Waals surface area contributed by atoms with Crippen molar-refractivity contribution in [1.82, 2.24) is 10.7 Å². The minimum absolute atomic E-state index is 0.122. The first kappa shape index (κ1) is 16.3. The number of carbonyl (C=O) groups excluding carboxylic acids is 2. The highest BCUT2D eigenvalue weighted by Crippen LogP contribution is 2.19. The van der Waals surface area contributed by atoms with Crippen LogP contribution in [0.3, 0.4) is 0 Å². The van der Waals surface area contributed by atoms with Crippen LogP contribution in [0.1, 0.15) is 6.92 Å². The fraction of sp³-hybridized carbons (Fsp3) is 0.154. The van der Waals surface area contributed by atoms with Crippen LogP contribution in [0.4, 0.5) is 10.5 Å². The topological polar surface area (TPSA) is 103 Å².